The van der Waals surface area contributed by atoms with E-state index in [2.05, 4.69) is 10.2 Å². The van der Waals surface area contributed by atoms with Crippen molar-refractivity contribution in [2.45, 2.75) is 25.0 Å². The standard InChI is InChI=1S/C8H14N2OS/c1-9-8(12)10-4-6-2-3-7(5-10)11-6/h6-7H,2-5H2,1H3,(H,9,12). The first-order valence-electron chi connectivity index (χ1n) is 4.41. The van der Waals surface area contributed by atoms with Gasteiger partial charge in [0.15, 0.2) is 5.11 Å². The number of nitrogens with one attached hydrogen (secondary N) is 1. The summed E-state index contributed by atoms with van der Waals surface area (Å²) in [5.41, 5.74) is 0. The average Bonchev–Trinajstić information content (AvgIpc) is 2.44. The van der Waals surface area contributed by atoms with Gasteiger partial charge < -0.3 is 15.0 Å². The molecule has 4 heteroatoms. The van der Waals surface area contributed by atoms with Gasteiger partial charge in [0.05, 0.1) is 12.2 Å². The van der Waals surface area contributed by atoms with Gasteiger partial charge in [-0.25, -0.2) is 0 Å². The first-order valence-corrected chi connectivity index (χ1v) is 4.82. The first-order chi connectivity index (χ1) is 5.79. The summed E-state index contributed by atoms with van der Waals surface area (Å²) in [4.78, 5) is 2.21. The summed E-state index contributed by atoms with van der Waals surface area (Å²) >= 11 is 5.17. The Balaban J connectivity index is 1.98. The Morgan fingerprint density at radius 1 is 1.42 bits per heavy atom. The lowest BCUT2D eigenvalue weighted by Crippen LogP contribution is -2.48. The highest BCUT2D eigenvalue weighted by Gasteiger charge is 2.34. The lowest BCUT2D eigenvalue weighted by atomic mass is 10.2. The zero-order chi connectivity index (χ0) is 8.55. The molecule has 0 saturated carbocycles. The van der Waals surface area contributed by atoms with Crippen LogP contribution in [0.15, 0.2) is 0 Å². The monoisotopic (exact) mass is 186 g/mol. The van der Waals surface area contributed by atoms with Crippen LogP contribution < -0.4 is 5.32 Å². The van der Waals surface area contributed by atoms with Crippen LogP contribution in [0.1, 0.15) is 12.8 Å². The van der Waals surface area contributed by atoms with Crippen molar-refractivity contribution in [3.05, 3.63) is 0 Å². The fraction of sp³-hybridized carbons (Fsp3) is 0.875. The second-order valence-corrected chi connectivity index (χ2v) is 3.80. The third-order valence-corrected chi connectivity index (χ3v) is 3.01. The maximum Gasteiger partial charge on any atom is 0.168 e. The van der Waals surface area contributed by atoms with E-state index < -0.39 is 0 Å². The normalized spacial score (nSPS) is 33.6. The molecule has 0 spiro atoms. The van der Waals surface area contributed by atoms with Crippen molar-refractivity contribution in [2.24, 2.45) is 0 Å². The molecule has 2 atom stereocenters. The SMILES string of the molecule is CNC(=S)N1CC2CCC(C1)O2. The van der Waals surface area contributed by atoms with E-state index in [-0.39, 0.29) is 0 Å². The molecule has 0 aromatic rings. The largest absolute Gasteiger partial charge is 0.371 e. The number of thiocarbonyl (C=S) groups is 1. The molecule has 0 aromatic heterocycles. The van der Waals surface area contributed by atoms with Gasteiger partial charge in [-0.2, -0.15) is 0 Å². The van der Waals surface area contributed by atoms with Crippen LogP contribution in [0.3, 0.4) is 0 Å². The molecule has 0 aromatic carbocycles. The maximum absolute atomic E-state index is 5.69. The molecule has 2 fully saturated rings. The second kappa shape index (κ2) is 3.18. The lowest BCUT2D eigenvalue weighted by molar-refractivity contribution is -0.0158. The smallest absolute Gasteiger partial charge is 0.168 e. The number of hydrogen-bond donors (Lipinski definition) is 1. The van der Waals surface area contributed by atoms with Crippen LogP contribution in [0.25, 0.3) is 0 Å². The van der Waals surface area contributed by atoms with Gasteiger partial charge in [0.2, 0.25) is 0 Å². The number of likely N-dealkylation sites (tertiary alicyclic amines) is 1. The first kappa shape index (κ1) is 8.26. The molecule has 2 heterocycles. The van der Waals surface area contributed by atoms with E-state index in [4.69, 9.17) is 17.0 Å². The maximum atomic E-state index is 5.69. The number of fused-ring (bicyclic) bond motifs is 2. The Labute approximate surface area is 78.1 Å². The summed E-state index contributed by atoms with van der Waals surface area (Å²) in [6.07, 6.45) is 3.26. The topological polar surface area (TPSA) is 24.5 Å². The van der Waals surface area contributed by atoms with Crippen molar-refractivity contribution < 1.29 is 4.74 Å². The number of nitrogens with zero attached hydrogens (tertiary/aromatic N) is 1. The summed E-state index contributed by atoms with van der Waals surface area (Å²) in [7, 11) is 1.87. The zero-order valence-corrected chi connectivity index (χ0v) is 8.06. The van der Waals surface area contributed by atoms with Crippen LogP contribution in [0.4, 0.5) is 0 Å². The van der Waals surface area contributed by atoms with Crippen LogP contribution >= 0.6 is 12.2 Å². The van der Waals surface area contributed by atoms with Crippen molar-refractivity contribution in [3.8, 4) is 0 Å². The van der Waals surface area contributed by atoms with Gasteiger partial charge in [-0.3, -0.25) is 0 Å². The molecule has 2 bridgehead atoms. The Bertz CT molecular complexity index is 185. The molecular formula is C8H14N2OS. The summed E-state index contributed by atoms with van der Waals surface area (Å²) in [5.74, 6) is 0. The van der Waals surface area contributed by atoms with E-state index in [1.165, 1.54) is 12.8 Å². The Morgan fingerprint density at radius 3 is 2.50 bits per heavy atom. The third-order valence-electron chi connectivity index (χ3n) is 2.54. The van der Waals surface area contributed by atoms with E-state index in [0.29, 0.717) is 12.2 Å². The fourth-order valence-electron chi connectivity index (χ4n) is 1.94. The zero-order valence-electron chi connectivity index (χ0n) is 7.25. The highest BCUT2D eigenvalue weighted by Crippen LogP contribution is 2.25. The molecule has 0 amide bonds. The molecular weight excluding hydrogens is 172 g/mol. The molecule has 3 nitrogen and oxygen atoms in total. The van der Waals surface area contributed by atoms with Crippen LogP contribution in [0.2, 0.25) is 0 Å². The summed E-state index contributed by atoms with van der Waals surface area (Å²) in [6.45, 7) is 1.94. The number of morpholine rings is 1. The Kier molecular flexibility index (Phi) is 2.19. The quantitative estimate of drug-likeness (QED) is 0.552. The number of hydrogen-bond acceptors (Lipinski definition) is 2. The van der Waals surface area contributed by atoms with Crippen LogP contribution in [0, 0.1) is 0 Å². The minimum Gasteiger partial charge on any atom is -0.371 e. The van der Waals surface area contributed by atoms with Crippen molar-refractivity contribution in [2.75, 3.05) is 20.1 Å². The van der Waals surface area contributed by atoms with Crippen LogP contribution in [-0.2, 0) is 4.74 Å². The minimum absolute atomic E-state index is 0.426. The van der Waals surface area contributed by atoms with Gasteiger partial charge in [0.1, 0.15) is 0 Å². The van der Waals surface area contributed by atoms with Gasteiger partial charge in [0, 0.05) is 20.1 Å². The second-order valence-electron chi connectivity index (χ2n) is 3.42. The van der Waals surface area contributed by atoms with E-state index in [0.717, 1.165) is 18.2 Å². The number of ether oxygens (including phenoxy) is 1. The molecule has 1 N–H and O–H groups in total. The minimum atomic E-state index is 0.426. The molecule has 2 rings (SSSR count). The molecule has 0 aliphatic carbocycles. The van der Waals surface area contributed by atoms with Gasteiger partial charge in [0.25, 0.3) is 0 Å². The average molecular weight is 186 g/mol. The van der Waals surface area contributed by atoms with Gasteiger partial charge >= 0.3 is 0 Å². The van der Waals surface area contributed by atoms with Crippen molar-refractivity contribution >= 4 is 17.3 Å². The van der Waals surface area contributed by atoms with Crippen LogP contribution in [0.5, 0.6) is 0 Å². The van der Waals surface area contributed by atoms with Crippen LogP contribution in [-0.4, -0.2) is 42.4 Å². The predicted octanol–water partition coefficient (Wildman–Crippen LogP) is 0.354. The fourth-order valence-corrected chi connectivity index (χ4v) is 2.09. The van der Waals surface area contributed by atoms with Gasteiger partial charge in [-0.1, -0.05) is 0 Å². The Hall–Kier alpha value is -0.350. The molecule has 68 valence electrons. The molecule has 2 aliphatic rings. The number of rotatable bonds is 0. The molecule has 2 aliphatic heterocycles. The molecule has 2 saturated heterocycles. The lowest BCUT2D eigenvalue weighted by Gasteiger charge is -2.33. The highest BCUT2D eigenvalue weighted by atomic mass is 32.1. The van der Waals surface area contributed by atoms with E-state index in [1.54, 1.807) is 0 Å². The van der Waals surface area contributed by atoms with Gasteiger partial charge in [-0.05, 0) is 25.1 Å². The molecule has 12 heavy (non-hydrogen) atoms. The van der Waals surface area contributed by atoms with Crippen molar-refractivity contribution in [3.63, 3.8) is 0 Å². The van der Waals surface area contributed by atoms with Crippen molar-refractivity contribution in [1.29, 1.82) is 0 Å². The molecule has 0 radical (unpaired) electrons. The van der Waals surface area contributed by atoms with Crippen molar-refractivity contribution in [1.82, 2.24) is 10.2 Å². The van der Waals surface area contributed by atoms with E-state index in [9.17, 15) is 0 Å². The highest BCUT2D eigenvalue weighted by molar-refractivity contribution is 7.80. The predicted molar refractivity (Wildman–Crippen MR) is 51.1 cm³/mol. The third kappa shape index (κ3) is 1.41. The summed E-state index contributed by atoms with van der Waals surface area (Å²) < 4.78 is 5.69. The van der Waals surface area contributed by atoms with E-state index in [1.807, 2.05) is 7.05 Å². The van der Waals surface area contributed by atoms with E-state index >= 15 is 0 Å². The summed E-state index contributed by atoms with van der Waals surface area (Å²) in [6, 6.07) is 0. The Morgan fingerprint density at radius 2 is 2.00 bits per heavy atom. The van der Waals surface area contributed by atoms with Gasteiger partial charge in [-0.15, -0.1) is 0 Å². The molecule has 2 unspecified atom stereocenters. The summed E-state index contributed by atoms with van der Waals surface area (Å²) in [5, 5.41) is 3.86.